The molecule has 2 heterocycles. The largest absolute Gasteiger partial charge is 0.298 e. The van der Waals surface area contributed by atoms with Crippen LogP contribution in [-0.4, -0.2) is 36.7 Å². The smallest absolute Gasteiger partial charge is 0.257 e. The Balaban J connectivity index is 1.51. The van der Waals surface area contributed by atoms with Crippen molar-refractivity contribution in [3.8, 4) is 23.1 Å². The van der Waals surface area contributed by atoms with Crippen LogP contribution in [-0.2, 0) is 10.0 Å². The normalized spacial score (nSPS) is 14.6. The van der Waals surface area contributed by atoms with Gasteiger partial charge in [-0.15, -0.1) is 0 Å². The highest BCUT2D eigenvalue weighted by Gasteiger charge is 2.29. The molecule has 2 aromatic carbocycles. The zero-order chi connectivity index (χ0) is 28.0. The molecular formula is C30H34BrN3O3S2. The summed E-state index contributed by atoms with van der Waals surface area (Å²) in [6.07, 6.45) is 5.80. The number of piperidine rings is 1. The summed E-state index contributed by atoms with van der Waals surface area (Å²) in [7, 11) is -3.58. The first-order valence-corrected chi connectivity index (χ1v) is 16.5. The molecular weight excluding hydrogens is 594 g/mol. The fraction of sp³-hybridized carbons (Fsp3) is 0.400. The van der Waals surface area contributed by atoms with E-state index in [0.717, 1.165) is 64.7 Å². The number of carbonyl (C=O) groups excluding carboxylic acids is 1. The van der Waals surface area contributed by atoms with Gasteiger partial charge in [0.2, 0.25) is 10.0 Å². The molecule has 0 unspecified atom stereocenters. The first-order valence-electron chi connectivity index (χ1n) is 13.4. The van der Waals surface area contributed by atoms with E-state index < -0.39 is 10.0 Å². The van der Waals surface area contributed by atoms with Crippen LogP contribution in [0.5, 0.6) is 0 Å². The molecule has 0 bridgehead atoms. The molecule has 0 aliphatic carbocycles. The Hall–Kier alpha value is -2.51. The van der Waals surface area contributed by atoms with Gasteiger partial charge in [0.15, 0.2) is 5.13 Å². The molecule has 39 heavy (non-hydrogen) atoms. The van der Waals surface area contributed by atoms with Crippen LogP contribution in [0.25, 0.3) is 11.3 Å². The summed E-state index contributed by atoms with van der Waals surface area (Å²) in [5, 5.41) is 3.32. The minimum atomic E-state index is -3.58. The highest BCUT2D eigenvalue weighted by Crippen LogP contribution is 2.36. The summed E-state index contributed by atoms with van der Waals surface area (Å²) in [6.45, 7) is 7.35. The van der Waals surface area contributed by atoms with Crippen molar-refractivity contribution in [2.75, 3.05) is 18.4 Å². The van der Waals surface area contributed by atoms with Gasteiger partial charge in [0, 0.05) is 35.1 Å². The SMILES string of the molecule is CCCC#Cc1sc(NC(=O)c2ccc(S(=O)(=O)N3CCC(CCC)CC3)cc2)nc1-c1cc(C)ccc1Br. The van der Waals surface area contributed by atoms with Gasteiger partial charge in [0.25, 0.3) is 5.91 Å². The number of sulfonamides is 1. The number of benzene rings is 2. The maximum atomic E-state index is 13.2. The van der Waals surface area contributed by atoms with Crippen LogP contribution in [0.1, 0.15) is 73.2 Å². The third-order valence-corrected chi connectivity index (χ3v) is 10.3. The van der Waals surface area contributed by atoms with Crippen LogP contribution in [0, 0.1) is 24.7 Å². The van der Waals surface area contributed by atoms with E-state index in [1.54, 1.807) is 16.4 Å². The van der Waals surface area contributed by atoms with Gasteiger partial charge < -0.3 is 0 Å². The molecule has 1 saturated heterocycles. The maximum absolute atomic E-state index is 13.2. The Morgan fingerprint density at radius 3 is 2.51 bits per heavy atom. The van der Waals surface area contributed by atoms with Gasteiger partial charge in [0.1, 0.15) is 10.6 Å². The Labute approximate surface area is 244 Å². The molecule has 9 heteroatoms. The average Bonchev–Trinajstić information content (AvgIpc) is 3.32. The highest BCUT2D eigenvalue weighted by atomic mass is 79.9. The van der Waals surface area contributed by atoms with E-state index in [9.17, 15) is 13.2 Å². The molecule has 1 aliphatic rings. The van der Waals surface area contributed by atoms with E-state index in [1.807, 2.05) is 25.1 Å². The number of aromatic nitrogens is 1. The van der Waals surface area contributed by atoms with Gasteiger partial charge in [-0.2, -0.15) is 4.31 Å². The third-order valence-electron chi connectivity index (χ3n) is 6.83. The van der Waals surface area contributed by atoms with Crippen LogP contribution < -0.4 is 5.32 Å². The number of thiazole rings is 1. The average molecular weight is 629 g/mol. The molecule has 0 atom stereocenters. The lowest BCUT2D eigenvalue weighted by Crippen LogP contribution is -2.38. The van der Waals surface area contributed by atoms with Crippen LogP contribution in [0.2, 0.25) is 0 Å². The van der Waals surface area contributed by atoms with Crippen molar-refractivity contribution in [2.24, 2.45) is 5.92 Å². The molecule has 206 valence electrons. The standard InChI is InChI=1S/C30H34BrN3O3S2/c1-4-6-7-9-27-28(25-20-21(3)10-15-26(25)31)32-30(38-27)33-29(35)23-11-13-24(14-12-23)39(36,37)34-18-16-22(8-5-2)17-19-34/h10-15,20,22H,4-6,8,16-19H2,1-3H3,(H,32,33,35). The summed E-state index contributed by atoms with van der Waals surface area (Å²) in [4.78, 5) is 18.8. The Bertz CT molecular complexity index is 1480. The summed E-state index contributed by atoms with van der Waals surface area (Å²) in [5.41, 5.74) is 3.10. The van der Waals surface area contributed by atoms with Gasteiger partial charge in [-0.1, -0.05) is 77.4 Å². The number of anilines is 1. The number of halogens is 1. The summed E-state index contributed by atoms with van der Waals surface area (Å²) in [5.74, 6) is 6.65. The first-order chi connectivity index (χ1) is 18.7. The fourth-order valence-corrected chi connectivity index (χ4v) is 7.43. The maximum Gasteiger partial charge on any atom is 0.257 e. The van der Waals surface area contributed by atoms with Crippen molar-refractivity contribution >= 4 is 48.3 Å². The third kappa shape index (κ3) is 7.17. The number of unbranched alkanes of at least 4 members (excludes halogenated alkanes) is 1. The lowest BCUT2D eigenvalue weighted by Gasteiger charge is -2.31. The molecule has 0 spiro atoms. The number of carbonyl (C=O) groups is 1. The van der Waals surface area contributed by atoms with Gasteiger partial charge in [-0.25, -0.2) is 13.4 Å². The molecule has 3 aromatic rings. The second-order valence-corrected chi connectivity index (χ2v) is 13.6. The zero-order valence-electron chi connectivity index (χ0n) is 22.6. The molecule has 1 aliphatic heterocycles. The first kappa shape index (κ1) is 29.5. The summed E-state index contributed by atoms with van der Waals surface area (Å²) in [6, 6.07) is 12.2. The van der Waals surface area contributed by atoms with Crippen molar-refractivity contribution in [3.63, 3.8) is 0 Å². The second kappa shape index (κ2) is 13.2. The highest BCUT2D eigenvalue weighted by molar-refractivity contribution is 9.10. The molecule has 1 fully saturated rings. The van der Waals surface area contributed by atoms with Gasteiger partial charge in [0.05, 0.1) is 4.90 Å². The molecule has 1 amide bonds. The number of rotatable bonds is 8. The van der Waals surface area contributed by atoms with Crippen molar-refractivity contribution in [1.82, 2.24) is 9.29 Å². The lowest BCUT2D eigenvalue weighted by atomic mass is 9.94. The van der Waals surface area contributed by atoms with Crippen molar-refractivity contribution in [1.29, 1.82) is 0 Å². The Morgan fingerprint density at radius 2 is 1.85 bits per heavy atom. The Kier molecular flexibility index (Phi) is 10.00. The Morgan fingerprint density at radius 1 is 1.13 bits per heavy atom. The molecule has 1 aromatic heterocycles. The summed E-state index contributed by atoms with van der Waals surface area (Å²) >= 11 is 4.95. The van der Waals surface area contributed by atoms with Gasteiger partial charge in [-0.05, 0) is 68.5 Å². The van der Waals surface area contributed by atoms with Crippen LogP contribution in [0.4, 0.5) is 5.13 Å². The van der Waals surface area contributed by atoms with Crippen LogP contribution in [0.15, 0.2) is 51.8 Å². The number of aryl methyl sites for hydroxylation is 1. The quantitative estimate of drug-likeness (QED) is 0.262. The molecule has 0 saturated carbocycles. The number of hydrogen-bond donors (Lipinski definition) is 1. The molecule has 4 rings (SSSR count). The van der Waals surface area contributed by atoms with E-state index in [-0.39, 0.29) is 10.8 Å². The molecule has 1 N–H and O–H groups in total. The number of hydrogen-bond acceptors (Lipinski definition) is 5. The molecule has 0 radical (unpaired) electrons. The van der Waals surface area contributed by atoms with Crippen molar-refractivity contribution in [3.05, 3.63) is 62.9 Å². The number of nitrogens with zero attached hydrogens (tertiary/aromatic N) is 2. The van der Waals surface area contributed by atoms with E-state index >= 15 is 0 Å². The van der Waals surface area contributed by atoms with Gasteiger partial charge in [-0.3, -0.25) is 10.1 Å². The second-order valence-electron chi connectivity index (χ2n) is 9.85. The van der Waals surface area contributed by atoms with Crippen molar-refractivity contribution in [2.45, 2.75) is 64.2 Å². The van der Waals surface area contributed by atoms with Crippen molar-refractivity contribution < 1.29 is 13.2 Å². The minimum Gasteiger partial charge on any atom is -0.298 e. The minimum absolute atomic E-state index is 0.210. The number of nitrogens with one attached hydrogen (secondary N) is 1. The predicted molar refractivity (Wildman–Crippen MR) is 163 cm³/mol. The van der Waals surface area contributed by atoms with E-state index in [4.69, 9.17) is 4.98 Å². The molecule has 6 nitrogen and oxygen atoms in total. The van der Waals surface area contributed by atoms with Crippen LogP contribution in [0.3, 0.4) is 0 Å². The lowest BCUT2D eigenvalue weighted by molar-refractivity contribution is 0.102. The zero-order valence-corrected chi connectivity index (χ0v) is 25.8. The van der Waals surface area contributed by atoms with Crippen LogP contribution >= 0.6 is 27.3 Å². The van der Waals surface area contributed by atoms with E-state index in [2.05, 4.69) is 46.9 Å². The van der Waals surface area contributed by atoms with E-state index in [1.165, 1.54) is 23.5 Å². The topological polar surface area (TPSA) is 79.4 Å². The number of amides is 1. The fourth-order valence-electron chi connectivity index (χ4n) is 4.67. The predicted octanol–water partition coefficient (Wildman–Crippen LogP) is 7.49. The van der Waals surface area contributed by atoms with Gasteiger partial charge >= 0.3 is 0 Å². The van der Waals surface area contributed by atoms with E-state index in [0.29, 0.717) is 29.7 Å². The summed E-state index contributed by atoms with van der Waals surface area (Å²) < 4.78 is 28.8. The monoisotopic (exact) mass is 627 g/mol.